The summed E-state index contributed by atoms with van der Waals surface area (Å²) >= 11 is 11.7. The van der Waals surface area contributed by atoms with Crippen LogP contribution in [0.25, 0.3) is 0 Å². The Kier molecular flexibility index (Phi) is 2.23. The molecule has 3 saturated carbocycles. The van der Waals surface area contributed by atoms with Crippen LogP contribution in [0, 0.1) is 22.7 Å². The molecule has 16 heavy (non-hydrogen) atoms. The third-order valence-corrected chi connectivity index (χ3v) is 6.12. The Hall–Kier alpha value is -0.0800. The summed E-state index contributed by atoms with van der Waals surface area (Å²) in [5.74, 6) is 0.807. The van der Waals surface area contributed by atoms with E-state index in [0.717, 1.165) is 38.5 Å². The average molecular weight is 261 g/mol. The number of carbonyl (C=O) groups is 2. The van der Waals surface area contributed by atoms with Crippen LogP contribution >= 0.6 is 23.2 Å². The van der Waals surface area contributed by atoms with Crippen molar-refractivity contribution in [3.05, 3.63) is 0 Å². The van der Waals surface area contributed by atoms with Crippen molar-refractivity contribution in [2.75, 3.05) is 0 Å². The second-order valence-corrected chi connectivity index (χ2v) is 6.29. The molecule has 0 aromatic heterocycles. The SMILES string of the molecule is O=C(Cl)C12CCC(C1)C1CCCC12C(=O)Cl. The van der Waals surface area contributed by atoms with Crippen molar-refractivity contribution in [1.29, 1.82) is 0 Å². The molecule has 0 saturated heterocycles. The van der Waals surface area contributed by atoms with E-state index >= 15 is 0 Å². The number of hydrogen-bond acceptors (Lipinski definition) is 2. The minimum atomic E-state index is -0.626. The van der Waals surface area contributed by atoms with Gasteiger partial charge in [-0.1, -0.05) is 6.42 Å². The molecule has 0 amide bonds. The van der Waals surface area contributed by atoms with E-state index in [4.69, 9.17) is 23.2 Å². The highest BCUT2D eigenvalue weighted by Gasteiger charge is 2.73. The van der Waals surface area contributed by atoms with Gasteiger partial charge >= 0.3 is 0 Å². The van der Waals surface area contributed by atoms with Gasteiger partial charge in [-0.25, -0.2) is 0 Å². The van der Waals surface area contributed by atoms with Gasteiger partial charge in [0.05, 0.1) is 10.8 Å². The Morgan fingerprint density at radius 2 is 1.81 bits per heavy atom. The molecule has 3 aliphatic rings. The Balaban J connectivity index is 2.17. The largest absolute Gasteiger partial charge is 0.281 e. The Bertz CT molecular complexity index is 381. The molecule has 3 rings (SSSR count). The van der Waals surface area contributed by atoms with Crippen molar-refractivity contribution < 1.29 is 9.59 Å². The zero-order chi connectivity index (χ0) is 11.6. The summed E-state index contributed by atoms with van der Waals surface area (Å²) in [6.45, 7) is 0. The lowest BCUT2D eigenvalue weighted by Gasteiger charge is -2.42. The van der Waals surface area contributed by atoms with E-state index in [0.29, 0.717) is 11.8 Å². The van der Waals surface area contributed by atoms with Gasteiger partial charge in [0.15, 0.2) is 0 Å². The zero-order valence-electron chi connectivity index (χ0n) is 8.97. The minimum absolute atomic E-state index is 0.314. The second-order valence-electron chi connectivity index (χ2n) is 5.60. The van der Waals surface area contributed by atoms with E-state index in [1.54, 1.807) is 0 Å². The predicted molar refractivity (Wildman–Crippen MR) is 61.3 cm³/mol. The van der Waals surface area contributed by atoms with Crippen molar-refractivity contribution in [2.45, 2.75) is 38.5 Å². The number of rotatable bonds is 2. The van der Waals surface area contributed by atoms with Crippen LogP contribution in [0.3, 0.4) is 0 Å². The molecule has 2 nitrogen and oxygen atoms in total. The summed E-state index contributed by atoms with van der Waals surface area (Å²) in [6, 6.07) is 0. The van der Waals surface area contributed by atoms with Crippen LogP contribution in [0.15, 0.2) is 0 Å². The van der Waals surface area contributed by atoms with Gasteiger partial charge < -0.3 is 0 Å². The molecular formula is C12H14Cl2O2. The number of hydrogen-bond donors (Lipinski definition) is 0. The fourth-order valence-electron chi connectivity index (χ4n) is 4.88. The van der Waals surface area contributed by atoms with Gasteiger partial charge in [-0.2, -0.15) is 0 Å². The highest BCUT2D eigenvalue weighted by Crippen LogP contribution is 2.73. The van der Waals surface area contributed by atoms with Gasteiger partial charge in [-0.05, 0) is 67.1 Å². The molecule has 3 aliphatic carbocycles. The smallest absolute Gasteiger partial charge is 0.229 e. The first-order valence-electron chi connectivity index (χ1n) is 5.94. The van der Waals surface area contributed by atoms with E-state index in [-0.39, 0.29) is 10.5 Å². The molecule has 0 heterocycles. The van der Waals surface area contributed by atoms with Crippen molar-refractivity contribution in [1.82, 2.24) is 0 Å². The number of fused-ring (bicyclic) bond motifs is 5. The van der Waals surface area contributed by atoms with E-state index in [9.17, 15) is 9.59 Å². The van der Waals surface area contributed by atoms with Gasteiger partial charge in [0, 0.05) is 0 Å². The summed E-state index contributed by atoms with van der Waals surface area (Å²) in [6.07, 6.45) is 5.39. The lowest BCUT2D eigenvalue weighted by molar-refractivity contribution is -0.140. The van der Waals surface area contributed by atoms with Crippen LogP contribution in [-0.2, 0) is 9.59 Å². The summed E-state index contributed by atoms with van der Waals surface area (Å²) in [4.78, 5) is 23.7. The van der Waals surface area contributed by atoms with Crippen molar-refractivity contribution >= 4 is 33.7 Å². The molecule has 2 bridgehead atoms. The minimum Gasteiger partial charge on any atom is -0.281 e. The number of carbonyl (C=O) groups excluding carboxylic acids is 2. The van der Waals surface area contributed by atoms with E-state index < -0.39 is 10.8 Å². The second kappa shape index (κ2) is 3.23. The van der Waals surface area contributed by atoms with Crippen LogP contribution in [-0.4, -0.2) is 10.5 Å². The average Bonchev–Trinajstić information content (AvgIpc) is 2.88. The summed E-state index contributed by atoms with van der Waals surface area (Å²) in [5, 5.41) is -0.639. The molecule has 4 atom stereocenters. The van der Waals surface area contributed by atoms with Crippen molar-refractivity contribution in [2.24, 2.45) is 22.7 Å². The zero-order valence-corrected chi connectivity index (χ0v) is 10.5. The maximum absolute atomic E-state index is 11.9. The Morgan fingerprint density at radius 3 is 2.44 bits per heavy atom. The molecule has 4 unspecified atom stereocenters. The molecule has 0 radical (unpaired) electrons. The lowest BCUT2D eigenvalue weighted by Crippen LogP contribution is -2.48. The molecule has 3 fully saturated rings. The molecule has 0 aromatic rings. The third-order valence-electron chi connectivity index (χ3n) is 5.42. The molecular weight excluding hydrogens is 247 g/mol. The fraction of sp³-hybridized carbons (Fsp3) is 0.833. The monoisotopic (exact) mass is 260 g/mol. The summed E-state index contributed by atoms with van der Waals surface area (Å²) in [7, 11) is 0. The van der Waals surface area contributed by atoms with Gasteiger partial charge in [-0.15, -0.1) is 0 Å². The lowest BCUT2D eigenvalue weighted by atomic mass is 9.60. The highest BCUT2D eigenvalue weighted by molar-refractivity contribution is 6.68. The molecule has 0 spiro atoms. The standard InChI is InChI=1S/C12H14Cl2O2/c13-9(15)11-5-3-7(6-11)8-2-1-4-12(8,11)10(14)16/h7-8H,1-6H2. The summed E-state index contributed by atoms with van der Waals surface area (Å²) in [5.41, 5.74) is -1.24. The van der Waals surface area contributed by atoms with E-state index in [1.165, 1.54) is 0 Å². The van der Waals surface area contributed by atoms with Crippen molar-refractivity contribution in [3.8, 4) is 0 Å². The van der Waals surface area contributed by atoms with Crippen LogP contribution in [0.4, 0.5) is 0 Å². The van der Waals surface area contributed by atoms with E-state index in [1.807, 2.05) is 0 Å². The normalized spacial score (nSPS) is 49.4. The van der Waals surface area contributed by atoms with Crippen LogP contribution in [0.1, 0.15) is 38.5 Å². The molecule has 88 valence electrons. The van der Waals surface area contributed by atoms with Gasteiger partial charge in [0.1, 0.15) is 0 Å². The molecule has 0 aromatic carbocycles. The topological polar surface area (TPSA) is 34.1 Å². The fourth-order valence-corrected chi connectivity index (χ4v) is 5.64. The first-order valence-corrected chi connectivity index (χ1v) is 6.70. The van der Waals surface area contributed by atoms with Crippen LogP contribution in [0.5, 0.6) is 0 Å². The van der Waals surface area contributed by atoms with Crippen LogP contribution < -0.4 is 0 Å². The maximum atomic E-state index is 11.9. The van der Waals surface area contributed by atoms with Crippen molar-refractivity contribution in [3.63, 3.8) is 0 Å². The highest BCUT2D eigenvalue weighted by atomic mass is 35.5. The molecule has 4 heteroatoms. The van der Waals surface area contributed by atoms with Crippen LogP contribution in [0.2, 0.25) is 0 Å². The first-order chi connectivity index (χ1) is 7.54. The predicted octanol–water partition coefficient (Wildman–Crippen LogP) is 3.10. The van der Waals surface area contributed by atoms with Gasteiger partial charge in [0.25, 0.3) is 0 Å². The molecule has 0 N–H and O–H groups in total. The quantitative estimate of drug-likeness (QED) is 0.716. The summed E-state index contributed by atoms with van der Waals surface area (Å²) < 4.78 is 0. The Labute approximate surface area is 105 Å². The van der Waals surface area contributed by atoms with Gasteiger partial charge in [0.2, 0.25) is 10.5 Å². The third kappa shape index (κ3) is 0.971. The van der Waals surface area contributed by atoms with Gasteiger partial charge in [-0.3, -0.25) is 9.59 Å². The Morgan fingerprint density at radius 1 is 1.06 bits per heavy atom. The first kappa shape index (κ1) is 11.0. The molecule has 0 aliphatic heterocycles. The number of halogens is 2. The van der Waals surface area contributed by atoms with E-state index in [2.05, 4.69) is 0 Å². The maximum Gasteiger partial charge on any atom is 0.229 e.